The SMILES string of the molecule is COc1cc(CNS(=O)(=O)c2ccccc2Br)cc(OC)c1OC. The van der Waals surface area contributed by atoms with Crippen LogP contribution in [0.25, 0.3) is 0 Å². The molecular weight excluding hydrogens is 398 g/mol. The molecule has 0 aliphatic rings. The van der Waals surface area contributed by atoms with Gasteiger partial charge < -0.3 is 14.2 Å². The van der Waals surface area contributed by atoms with E-state index < -0.39 is 10.0 Å². The molecule has 0 heterocycles. The van der Waals surface area contributed by atoms with E-state index in [4.69, 9.17) is 14.2 Å². The Morgan fingerprint density at radius 1 is 1.00 bits per heavy atom. The lowest BCUT2D eigenvalue weighted by atomic mass is 10.2. The number of hydrogen-bond acceptors (Lipinski definition) is 5. The average Bonchev–Trinajstić information content (AvgIpc) is 2.59. The molecule has 1 N–H and O–H groups in total. The first-order valence-corrected chi connectivity index (χ1v) is 9.23. The average molecular weight is 416 g/mol. The highest BCUT2D eigenvalue weighted by Crippen LogP contribution is 2.38. The Hall–Kier alpha value is -1.77. The van der Waals surface area contributed by atoms with Gasteiger partial charge in [-0.1, -0.05) is 12.1 Å². The van der Waals surface area contributed by atoms with Gasteiger partial charge in [0.2, 0.25) is 15.8 Å². The van der Waals surface area contributed by atoms with E-state index in [0.29, 0.717) is 27.3 Å². The maximum Gasteiger partial charge on any atom is 0.241 e. The van der Waals surface area contributed by atoms with Crippen LogP contribution in [-0.4, -0.2) is 29.7 Å². The molecule has 0 amide bonds. The van der Waals surface area contributed by atoms with Crippen LogP contribution in [0.1, 0.15) is 5.56 Å². The Labute approximate surface area is 149 Å². The van der Waals surface area contributed by atoms with Crippen LogP contribution in [0.15, 0.2) is 45.8 Å². The zero-order valence-corrected chi connectivity index (χ0v) is 15.9. The highest BCUT2D eigenvalue weighted by Gasteiger charge is 2.18. The normalized spacial score (nSPS) is 11.2. The van der Waals surface area contributed by atoms with Crippen molar-refractivity contribution in [1.82, 2.24) is 4.72 Å². The molecule has 0 unspecified atom stereocenters. The molecule has 0 aliphatic heterocycles. The second kappa shape index (κ2) is 7.87. The van der Waals surface area contributed by atoms with Gasteiger partial charge in [-0.15, -0.1) is 0 Å². The van der Waals surface area contributed by atoms with Gasteiger partial charge in [0.05, 0.1) is 26.2 Å². The summed E-state index contributed by atoms with van der Waals surface area (Å²) in [5, 5.41) is 0. The first kappa shape index (κ1) is 18.6. The molecule has 0 saturated carbocycles. The van der Waals surface area contributed by atoms with E-state index in [1.807, 2.05) is 0 Å². The molecule has 0 bridgehead atoms. The van der Waals surface area contributed by atoms with Gasteiger partial charge in [-0.3, -0.25) is 0 Å². The zero-order valence-electron chi connectivity index (χ0n) is 13.5. The number of sulfonamides is 1. The van der Waals surface area contributed by atoms with Gasteiger partial charge in [0.1, 0.15) is 0 Å². The van der Waals surface area contributed by atoms with E-state index in [0.717, 1.165) is 0 Å². The largest absolute Gasteiger partial charge is 0.493 e. The van der Waals surface area contributed by atoms with Gasteiger partial charge in [0.15, 0.2) is 11.5 Å². The van der Waals surface area contributed by atoms with Gasteiger partial charge in [0, 0.05) is 11.0 Å². The molecule has 0 fully saturated rings. The van der Waals surface area contributed by atoms with Crippen molar-refractivity contribution in [3.05, 3.63) is 46.4 Å². The molecule has 0 aromatic heterocycles. The number of nitrogens with one attached hydrogen (secondary N) is 1. The van der Waals surface area contributed by atoms with Crippen LogP contribution in [0.3, 0.4) is 0 Å². The second-order valence-electron chi connectivity index (χ2n) is 4.79. The van der Waals surface area contributed by atoms with Crippen molar-refractivity contribution in [2.45, 2.75) is 11.4 Å². The summed E-state index contributed by atoms with van der Waals surface area (Å²) in [5.41, 5.74) is 0.681. The topological polar surface area (TPSA) is 73.9 Å². The maximum absolute atomic E-state index is 12.4. The number of methoxy groups -OCH3 is 3. The molecule has 24 heavy (non-hydrogen) atoms. The van der Waals surface area contributed by atoms with Crippen LogP contribution in [0.5, 0.6) is 17.2 Å². The van der Waals surface area contributed by atoms with Crippen LogP contribution >= 0.6 is 15.9 Å². The summed E-state index contributed by atoms with van der Waals surface area (Å²) < 4.78 is 43.7. The molecule has 2 rings (SSSR count). The number of hydrogen-bond donors (Lipinski definition) is 1. The van der Waals surface area contributed by atoms with E-state index in [2.05, 4.69) is 20.7 Å². The summed E-state index contributed by atoms with van der Waals surface area (Å²) in [4.78, 5) is 0.178. The second-order valence-corrected chi connectivity index (χ2v) is 7.38. The van der Waals surface area contributed by atoms with Gasteiger partial charge in [-0.05, 0) is 45.8 Å². The summed E-state index contributed by atoms with van der Waals surface area (Å²) in [6, 6.07) is 10.0. The minimum Gasteiger partial charge on any atom is -0.493 e. The van der Waals surface area contributed by atoms with Gasteiger partial charge >= 0.3 is 0 Å². The van der Waals surface area contributed by atoms with Crippen LogP contribution in [0.2, 0.25) is 0 Å². The molecule has 0 atom stereocenters. The van der Waals surface area contributed by atoms with Gasteiger partial charge in [0.25, 0.3) is 0 Å². The Bertz CT molecular complexity index is 798. The number of rotatable bonds is 7. The van der Waals surface area contributed by atoms with Crippen LogP contribution in [0.4, 0.5) is 0 Å². The molecule has 6 nitrogen and oxygen atoms in total. The summed E-state index contributed by atoms with van der Waals surface area (Å²) in [5.74, 6) is 1.39. The van der Waals surface area contributed by atoms with E-state index in [1.54, 1.807) is 30.3 Å². The molecule has 2 aromatic rings. The molecule has 0 aliphatic carbocycles. The minimum atomic E-state index is -3.65. The highest BCUT2D eigenvalue weighted by molar-refractivity contribution is 9.10. The lowest BCUT2D eigenvalue weighted by molar-refractivity contribution is 0.323. The standard InChI is InChI=1S/C16H18BrNO5S/c1-21-13-8-11(9-14(22-2)16(13)23-3)10-18-24(19,20)15-7-5-4-6-12(15)17/h4-9,18H,10H2,1-3H3. The number of benzene rings is 2. The molecule has 0 radical (unpaired) electrons. The van der Waals surface area contributed by atoms with Crippen LogP contribution in [0, 0.1) is 0 Å². The van der Waals surface area contributed by atoms with Crippen LogP contribution in [-0.2, 0) is 16.6 Å². The van der Waals surface area contributed by atoms with Crippen LogP contribution < -0.4 is 18.9 Å². The summed E-state index contributed by atoms with van der Waals surface area (Å²) >= 11 is 3.25. The van der Waals surface area contributed by atoms with Crippen molar-refractivity contribution >= 4 is 26.0 Å². The van der Waals surface area contributed by atoms with E-state index >= 15 is 0 Å². The molecular formula is C16H18BrNO5S. The Morgan fingerprint density at radius 2 is 1.58 bits per heavy atom. The molecule has 2 aromatic carbocycles. The van der Waals surface area contributed by atoms with Gasteiger partial charge in [-0.25, -0.2) is 13.1 Å². The Kier molecular flexibility index (Phi) is 6.09. The highest BCUT2D eigenvalue weighted by atomic mass is 79.9. The fraction of sp³-hybridized carbons (Fsp3) is 0.250. The van der Waals surface area contributed by atoms with Crippen molar-refractivity contribution in [3.8, 4) is 17.2 Å². The fourth-order valence-corrected chi connectivity index (χ4v) is 4.17. The molecule has 8 heteroatoms. The monoisotopic (exact) mass is 415 g/mol. The lowest BCUT2D eigenvalue weighted by Crippen LogP contribution is -2.23. The molecule has 130 valence electrons. The zero-order chi connectivity index (χ0) is 17.7. The van der Waals surface area contributed by atoms with Crippen molar-refractivity contribution < 1.29 is 22.6 Å². The summed E-state index contributed by atoms with van der Waals surface area (Å²) in [6.07, 6.45) is 0. The summed E-state index contributed by atoms with van der Waals surface area (Å²) in [6.45, 7) is 0.0837. The Morgan fingerprint density at radius 3 is 2.08 bits per heavy atom. The fourth-order valence-electron chi connectivity index (χ4n) is 2.16. The van der Waals surface area contributed by atoms with E-state index in [1.165, 1.54) is 27.4 Å². The van der Waals surface area contributed by atoms with E-state index in [9.17, 15) is 8.42 Å². The lowest BCUT2D eigenvalue weighted by Gasteiger charge is -2.14. The third kappa shape index (κ3) is 4.00. The number of ether oxygens (including phenoxy) is 3. The minimum absolute atomic E-state index is 0.0837. The van der Waals surface area contributed by atoms with Gasteiger partial charge in [-0.2, -0.15) is 0 Å². The van der Waals surface area contributed by atoms with Crippen molar-refractivity contribution in [2.75, 3.05) is 21.3 Å². The Balaban J connectivity index is 2.27. The van der Waals surface area contributed by atoms with E-state index in [-0.39, 0.29) is 11.4 Å². The first-order chi connectivity index (χ1) is 11.4. The van der Waals surface area contributed by atoms with Crippen molar-refractivity contribution in [2.24, 2.45) is 0 Å². The maximum atomic E-state index is 12.4. The van der Waals surface area contributed by atoms with Crippen molar-refractivity contribution in [1.29, 1.82) is 0 Å². The predicted octanol–water partition coefficient (Wildman–Crippen LogP) is 2.95. The third-order valence-electron chi connectivity index (χ3n) is 3.32. The molecule has 0 spiro atoms. The predicted molar refractivity (Wildman–Crippen MR) is 94.3 cm³/mol. The van der Waals surface area contributed by atoms with Crippen molar-refractivity contribution in [3.63, 3.8) is 0 Å². The number of halogens is 1. The molecule has 0 saturated heterocycles. The smallest absolute Gasteiger partial charge is 0.241 e. The summed E-state index contributed by atoms with van der Waals surface area (Å²) in [7, 11) is 0.868. The quantitative estimate of drug-likeness (QED) is 0.752. The first-order valence-electron chi connectivity index (χ1n) is 6.96. The third-order valence-corrected chi connectivity index (χ3v) is 5.73.